The summed E-state index contributed by atoms with van der Waals surface area (Å²) in [6.07, 6.45) is 2.27. The number of aromatic nitrogens is 2. The number of ether oxygens (including phenoxy) is 2. The van der Waals surface area contributed by atoms with Gasteiger partial charge < -0.3 is 24.3 Å². The topological polar surface area (TPSA) is 85.7 Å². The monoisotopic (exact) mass is 420 g/mol. The van der Waals surface area contributed by atoms with E-state index in [9.17, 15) is 9.59 Å². The van der Waals surface area contributed by atoms with E-state index in [1.807, 2.05) is 33.7 Å². The van der Waals surface area contributed by atoms with E-state index in [-0.39, 0.29) is 24.8 Å². The summed E-state index contributed by atoms with van der Waals surface area (Å²) in [6.45, 7) is 2.66. The summed E-state index contributed by atoms with van der Waals surface area (Å²) in [7, 11) is 0. The maximum Gasteiger partial charge on any atom is 0.244 e. The molecule has 3 heterocycles. The molecule has 8 heteroatoms. The molecule has 1 fully saturated rings. The van der Waals surface area contributed by atoms with Gasteiger partial charge >= 0.3 is 0 Å². The molecule has 1 aromatic heterocycles. The Bertz CT molecular complexity index is 1130. The van der Waals surface area contributed by atoms with Crippen molar-refractivity contribution >= 4 is 28.5 Å². The third kappa shape index (κ3) is 4.05. The largest absolute Gasteiger partial charge is 0.486 e. The van der Waals surface area contributed by atoms with Crippen LogP contribution in [-0.4, -0.2) is 52.6 Å². The third-order valence-electron chi connectivity index (χ3n) is 5.63. The van der Waals surface area contributed by atoms with Gasteiger partial charge in [0.15, 0.2) is 11.5 Å². The Kier molecular flexibility index (Phi) is 5.19. The lowest BCUT2D eigenvalue weighted by molar-refractivity contribution is -0.129. The van der Waals surface area contributed by atoms with Crippen molar-refractivity contribution in [3.8, 4) is 11.5 Å². The number of carbonyl (C=O) groups is 2. The summed E-state index contributed by atoms with van der Waals surface area (Å²) < 4.78 is 12.9. The fraction of sp³-hybridized carbons (Fsp3) is 0.348. The van der Waals surface area contributed by atoms with Crippen LogP contribution in [0.5, 0.6) is 11.5 Å². The zero-order valence-corrected chi connectivity index (χ0v) is 17.2. The van der Waals surface area contributed by atoms with Crippen molar-refractivity contribution < 1.29 is 19.1 Å². The molecule has 8 nitrogen and oxygen atoms in total. The quantitative estimate of drug-likeness (QED) is 0.686. The van der Waals surface area contributed by atoms with Crippen LogP contribution in [0.15, 0.2) is 42.5 Å². The molecule has 2 aliphatic rings. The molecule has 5 rings (SSSR count). The van der Waals surface area contributed by atoms with Gasteiger partial charge in [-0.1, -0.05) is 12.1 Å². The first-order valence-electron chi connectivity index (χ1n) is 10.6. The number of likely N-dealkylation sites (tertiary alicyclic amines) is 1. The Morgan fingerprint density at radius 1 is 1.00 bits per heavy atom. The molecule has 0 saturated carbocycles. The number of carbonyl (C=O) groups excluding carboxylic acids is 2. The van der Waals surface area contributed by atoms with Crippen LogP contribution in [0, 0.1) is 0 Å². The number of hydrogen-bond acceptors (Lipinski definition) is 5. The van der Waals surface area contributed by atoms with E-state index in [2.05, 4.69) is 10.3 Å². The Morgan fingerprint density at radius 2 is 1.77 bits per heavy atom. The standard InChI is InChI=1S/C23H24N4O4/c28-22(24-16-7-8-19-20(13-16)31-12-11-30-19)15-27-18-6-2-1-5-17(18)25-21(27)14-23(29)26-9-3-4-10-26/h1-2,5-8,13H,3-4,9-12,14-15H2,(H,24,28). The van der Waals surface area contributed by atoms with E-state index >= 15 is 0 Å². The van der Waals surface area contributed by atoms with E-state index in [4.69, 9.17) is 9.47 Å². The molecular weight excluding hydrogens is 396 g/mol. The van der Waals surface area contributed by atoms with Gasteiger partial charge in [0, 0.05) is 24.8 Å². The Labute approximate surface area is 179 Å². The van der Waals surface area contributed by atoms with Gasteiger partial charge in [-0.15, -0.1) is 0 Å². The molecular formula is C23H24N4O4. The first-order valence-corrected chi connectivity index (χ1v) is 10.6. The van der Waals surface area contributed by atoms with Gasteiger partial charge in [0.2, 0.25) is 11.8 Å². The lowest BCUT2D eigenvalue weighted by atomic mass is 10.2. The van der Waals surface area contributed by atoms with Crippen LogP contribution >= 0.6 is 0 Å². The number of nitrogens with zero attached hydrogens (tertiary/aromatic N) is 3. The van der Waals surface area contributed by atoms with Crippen LogP contribution < -0.4 is 14.8 Å². The van der Waals surface area contributed by atoms with Crippen molar-refractivity contribution in [3.63, 3.8) is 0 Å². The maximum atomic E-state index is 12.9. The molecule has 3 aromatic rings. The average molecular weight is 420 g/mol. The van der Waals surface area contributed by atoms with Gasteiger partial charge in [-0.3, -0.25) is 9.59 Å². The SMILES string of the molecule is O=C(Cn1c(CC(=O)N2CCCC2)nc2ccccc21)Nc1ccc2c(c1)OCCO2. The van der Waals surface area contributed by atoms with Crippen LogP contribution in [-0.2, 0) is 22.6 Å². The minimum Gasteiger partial charge on any atom is -0.486 e. The fourth-order valence-electron chi connectivity index (χ4n) is 4.12. The van der Waals surface area contributed by atoms with Crippen molar-refractivity contribution in [1.29, 1.82) is 0 Å². The predicted molar refractivity (Wildman–Crippen MR) is 115 cm³/mol. The number of amides is 2. The number of hydrogen-bond donors (Lipinski definition) is 1. The molecule has 0 atom stereocenters. The van der Waals surface area contributed by atoms with E-state index in [0.29, 0.717) is 36.2 Å². The number of benzene rings is 2. The molecule has 2 amide bonds. The molecule has 160 valence electrons. The van der Waals surface area contributed by atoms with Crippen molar-refractivity contribution in [2.24, 2.45) is 0 Å². The summed E-state index contributed by atoms with van der Waals surface area (Å²) in [5, 5.41) is 2.91. The Balaban J connectivity index is 1.36. The highest BCUT2D eigenvalue weighted by atomic mass is 16.6. The van der Waals surface area contributed by atoms with Crippen molar-refractivity contribution in [1.82, 2.24) is 14.5 Å². The number of imidazole rings is 1. The molecule has 1 N–H and O–H groups in total. The van der Waals surface area contributed by atoms with Crippen molar-refractivity contribution in [3.05, 3.63) is 48.3 Å². The molecule has 0 spiro atoms. The fourth-order valence-corrected chi connectivity index (χ4v) is 4.12. The summed E-state index contributed by atoms with van der Waals surface area (Å²) in [4.78, 5) is 32.1. The van der Waals surface area contributed by atoms with E-state index < -0.39 is 0 Å². The van der Waals surface area contributed by atoms with E-state index in [0.717, 1.165) is 37.0 Å². The van der Waals surface area contributed by atoms with Crippen LogP contribution in [0.4, 0.5) is 5.69 Å². The van der Waals surface area contributed by atoms with Crippen LogP contribution in [0.2, 0.25) is 0 Å². The molecule has 0 unspecified atom stereocenters. The van der Waals surface area contributed by atoms with Gasteiger partial charge in [0.25, 0.3) is 0 Å². The highest BCUT2D eigenvalue weighted by molar-refractivity contribution is 5.92. The Morgan fingerprint density at radius 3 is 2.61 bits per heavy atom. The molecule has 0 bridgehead atoms. The second kappa shape index (κ2) is 8.29. The first-order chi connectivity index (χ1) is 15.2. The molecule has 0 aliphatic carbocycles. The zero-order chi connectivity index (χ0) is 21.2. The number of rotatable bonds is 5. The second-order valence-electron chi connectivity index (χ2n) is 7.77. The van der Waals surface area contributed by atoms with Gasteiger partial charge in [0.1, 0.15) is 25.6 Å². The molecule has 0 radical (unpaired) electrons. The Hall–Kier alpha value is -3.55. The molecule has 2 aliphatic heterocycles. The zero-order valence-electron chi connectivity index (χ0n) is 17.2. The van der Waals surface area contributed by atoms with Crippen LogP contribution in [0.3, 0.4) is 0 Å². The van der Waals surface area contributed by atoms with E-state index in [1.165, 1.54) is 0 Å². The highest BCUT2D eigenvalue weighted by Crippen LogP contribution is 2.32. The minimum atomic E-state index is -0.199. The first kappa shape index (κ1) is 19.4. The van der Waals surface area contributed by atoms with E-state index in [1.54, 1.807) is 18.2 Å². The van der Waals surface area contributed by atoms with Gasteiger partial charge in [-0.25, -0.2) is 4.98 Å². The number of fused-ring (bicyclic) bond motifs is 2. The predicted octanol–water partition coefficient (Wildman–Crippen LogP) is 2.61. The van der Waals surface area contributed by atoms with Crippen LogP contribution in [0.1, 0.15) is 18.7 Å². The summed E-state index contributed by atoms with van der Waals surface area (Å²) in [5.41, 5.74) is 2.25. The molecule has 1 saturated heterocycles. The van der Waals surface area contributed by atoms with Crippen molar-refractivity contribution in [2.75, 3.05) is 31.6 Å². The minimum absolute atomic E-state index is 0.0568. The van der Waals surface area contributed by atoms with Gasteiger partial charge in [-0.05, 0) is 37.1 Å². The van der Waals surface area contributed by atoms with Crippen molar-refractivity contribution in [2.45, 2.75) is 25.8 Å². The van der Waals surface area contributed by atoms with Crippen LogP contribution in [0.25, 0.3) is 11.0 Å². The summed E-state index contributed by atoms with van der Waals surface area (Å²) >= 11 is 0. The lowest BCUT2D eigenvalue weighted by Gasteiger charge is -2.19. The lowest BCUT2D eigenvalue weighted by Crippen LogP contribution is -2.30. The second-order valence-corrected chi connectivity index (χ2v) is 7.77. The third-order valence-corrected chi connectivity index (χ3v) is 5.63. The normalized spacial score (nSPS) is 15.3. The summed E-state index contributed by atoms with van der Waals surface area (Å²) in [5.74, 6) is 1.76. The summed E-state index contributed by atoms with van der Waals surface area (Å²) in [6, 6.07) is 13.0. The number of para-hydroxylation sites is 2. The van der Waals surface area contributed by atoms with Gasteiger partial charge in [0.05, 0.1) is 17.5 Å². The van der Waals surface area contributed by atoms with Gasteiger partial charge in [-0.2, -0.15) is 0 Å². The molecule has 31 heavy (non-hydrogen) atoms. The number of anilines is 1. The smallest absolute Gasteiger partial charge is 0.244 e. The number of nitrogens with one attached hydrogen (secondary N) is 1. The maximum absolute atomic E-state index is 12.9. The molecule has 2 aromatic carbocycles. The average Bonchev–Trinajstić information content (AvgIpc) is 3.43. The highest BCUT2D eigenvalue weighted by Gasteiger charge is 2.22.